The third-order valence-corrected chi connectivity index (χ3v) is 4.57. The lowest BCUT2D eigenvalue weighted by atomic mass is 10.1. The molecule has 1 aliphatic carbocycles. The van der Waals surface area contributed by atoms with Crippen molar-refractivity contribution in [1.82, 2.24) is 5.32 Å². The van der Waals surface area contributed by atoms with Gasteiger partial charge < -0.3 is 10.4 Å². The minimum atomic E-state index is -0.617. The van der Waals surface area contributed by atoms with Gasteiger partial charge in [0, 0.05) is 17.4 Å². The van der Waals surface area contributed by atoms with Crippen LogP contribution in [0.5, 0.6) is 5.75 Å². The molecule has 2 rings (SSSR count). The third kappa shape index (κ3) is 3.22. The highest BCUT2D eigenvalue weighted by Gasteiger charge is 2.28. The summed E-state index contributed by atoms with van der Waals surface area (Å²) in [7, 11) is 0. The Morgan fingerprint density at radius 3 is 2.85 bits per heavy atom. The van der Waals surface area contributed by atoms with E-state index in [0.29, 0.717) is 5.25 Å². The number of rotatable bonds is 4. The number of phenols is 1. The molecule has 0 radical (unpaired) electrons. The van der Waals surface area contributed by atoms with Crippen LogP contribution in [-0.2, 0) is 0 Å². The van der Waals surface area contributed by atoms with E-state index < -0.39 is 10.8 Å². The van der Waals surface area contributed by atoms with E-state index >= 15 is 0 Å². The van der Waals surface area contributed by atoms with Gasteiger partial charge in [-0.15, -0.1) is 0 Å². The van der Waals surface area contributed by atoms with Gasteiger partial charge in [0.1, 0.15) is 11.3 Å². The molecule has 0 aliphatic heterocycles. The lowest BCUT2D eigenvalue weighted by Gasteiger charge is -2.13. The highest BCUT2D eigenvalue weighted by molar-refractivity contribution is 7.99. The van der Waals surface area contributed by atoms with Gasteiger partial charge in [0.15, 0.2) is 0 Å². The van der Waals surface area contributed by atoms with Crippen LogP contribution in [0.15, 0.2) is 18.2 Å². The molecule has 2 atom stereocenters. The van der Waals surface area contributed by atoms with Gasteiger partial charge in [-0.3, -0.25) is 14.9 Å². The first-order valence-corrected chi connectivity index (χ1v) is 7.61. The Hall–Kier alpha value is -1.76. The molecule has 2 unspecified atom stereocenters. The predicted molar refractivity (Wildman–Crippen MR) is 77.2 cm³/mol. The molecular formula is C13H16N2O4S. The maximum Gasteiger partial charge on any atom is 0.282 e. The molecule has 0 aromatic heterocycles. The summed E-state index contributed by atoms with van der Waals surface area (Å²) in [6.07, 6.45) is 4.83. The molecule has 1 saturated carbocycles. The van der Waals surface area contributed by atoms with Crippen molar-refractivity contribution in [3.05, 3.63) is 33.9 Å². The van der Waals surface area contributed by atoms with Gasteiger partial charge in [0.05, 0.1) is 4.92 Å². The normalized spacial score (nSPS) is 21.6. The van der Waals surface area contributed by atoms with Crippen LogP contribution in [0.1, 0.15) is 29.6 Å². The Morgan fingerprint density at radius 1 is 1.50 bits per heavy atom. The van der Waals surface area contributed by atoms with E-state index in [1.165, 1.54) is 6.07 Å². The van der Waals surface area contributed by atoms with Crippen LogP contribution in [0, 0.1) is 10.1 Å². The zero-order valence-electron chi connectivity index (χ0n) is 11.0. The van der Waals surface area contributed by atoms with E-state index in [2.05, 4.69) is 5.32 Å². The van der Waals surface area contributed by atoms with Crippen molar-refractivity contribution in [2.45, 2.75) is 30.6 Å². The molecule has 1 aliphatic rings. The molecule has 0 bridgehead atoms. The number of hydrogen-bond donors (Lipinski definition) is 2. The van der Waals surface area contributed by atoms with E-state index in [-0.39, 0.29) is 23.0 Å². The van der Waals surface area contributed by atoms with Crippen LogP contribution in [0.3, 0.4) is 0 Å². The van der Waals surface area contributed by atoms with E-state index in [9.17, 15) is 20.0 Å². The number of hydrogen-bond acceptors (Lipinski definition) is 5. The standard InChI is InChI=1S/C13H16N2O4S/c1-20-10-4-2-8(6-10)14-13(17)11-7-9(16)3-5-12(11)15(18)19/h3,5,7-8,10,16H,2,4,6H2,1H3,(H,14,17). The number of carbonyl (C=O) groups excluding carboxylic acids is 1. The molecule has 0 heterocycles. The lowest BCUT2D eigenvalue weighted by Crippen LogP contribution is -2.33. The highest BCUT2D eigenvalue weighted by atomic mass is 32.2. The first-order chi connectivity index (χ1) is 9.51. The average molecular weight is 296 g/mol. The Balaban J connectivity index is 2.13. The molecule has 6 nitrogen and oxygen atoms in total. The molecular weight excluding hydrogens is 280 g/mol. The van der Waals surface area contributed by atoms with Crippen molar-refractivity contribution >= 4 is 23.4 Å². The van der Waals surface area contributed by atoms with Crippen LogP contribution in [-0.4, -0.2) is 33.5 Å². The summed E-state index contributed by atoms with van der Waals surface area (Å²) in [5.41, 5.74) is -0.387. The zero-order chi connectivity index (χ0) is 14.7. The molecule has 20 heavy (non-hydrogen) atoms. The topological polar surface area (TPSA) is 92.5 Å². The smallest absolute Gasteiger partial charge is 0.282 e. The number of aromatic hydroxyl groups is 1. The Kier molecular flexibility index (Phi) is 4.49. The molecule has 1 aromatic rings. The molecule has 0 saturated heterocycles. The largest absolute Gasteiger partial charge is 0.508 e. The van der Waals surface area contributed by atoms with E-state index in [1.54, 1.807) is 11.8 Å². The number of nitro groups is 1. The summed E-state index contributed by atoms with van der Waals surface area (Å²) in [6, 6.07) is 3.52. The molecule has 0 spiro atoms. The van der Waals surface area contributed by atoms with Crippen molar-refractivity contribution in [1.29, 1.82) is 0 Å². The second kappa shape index (κ2) is 6.13. The van der Waals surface area contributed by atoms with Gasteiger partial charge in [0.2, 0.25) is 0 Å². The van der Waals surface area contributed by atoms with E-state index in [1.807, 2.05) is 6.26 Å². The van der Waals surface area contributed by atoms with Crippen molar-refractivity contribution in [3.8, 4) is 5.75 Å². The average Bonchev–Trinajstić information content (AvgIpc) is 2.85. The monoisotopic (exact) mass is 296 g/mol. The number of nitro benzene ring substituents is 1. The fraction of sp³-hybridized carbons (Fsp3) is 0.462. The summed E-state index contributed by atoms with van der Waals surface area (Å²) >= 11 is 1.77. The molecule has 7 heteroatoms. The minimum Gasteiger partial charge on any atom is -0.508 e. The molecule has 1 amide bonds. The molecule has 2 N–H and O–H groups in total. The van der Waals surface area contributed by atoms with Gasteiger partial charge >= 0.3 is 0 Å². The Bertz CT molecular complexity index is 535. The van der Waals surface area contributed by atoms with Gasteiger partial charge in [-0.2, -0.15) is 11.8 Å². The SMILES string of the molecule is CSC1CCC(NC(=O)c2cc(O)ccc2[N+](=O)[O-])C1. The predicted octanol–water partition coefficient (Wildman–Crippen LogP) is 2.31. The first kappa shape index (κ1) is 14.6. The fourth-order valence-corrected chi connectivity index (χ4v) is 3.21. The molecule has 1 fully saturated rings. The maximum absolute atomic E-state index is 12.1. The highest BCUT2D eigenvalue weighted by Crippen LogP contribution is 2.29. The summed E-state index contributed by atoms with van der Waals surface area (Å²) in [6.45, 7) is 0. The quantitative estimate of drug-likeness (QED) is 0.657. The molecule has 1 aromatic carbocycles. The van der Waals surface area contributed by atoms with E-state index in [0.717, 1.165) is 31.4 Å². The number of thioether (sulfide) groups is 1. The van der Waals surface area contributed by atoms with Crippen LogP contribution in [0.25, 0.3) is 0 Å². The third-order valence-electron chi connectivity index (χ3n) is 3.47. The number of carbonyl (C=O) groups is 1. The van der Waals surface area contributed by atoms with Crippen LogP contribution in [0.4, 0.5) is 5.69 Å². The molecule has 108 valence electrons. The maximum atomic E-state index is 12.1. The van der Waals surface area contributed by atoms with Gasteiger partial charge in [-0.25, -0.2) is 0 Å². The van der Waals surface area contributed by atoms with Gasteiger partial charge in [-0.1, -0.05) is 0 Å². The van der Waals surface area contributed by atoms with Crippen molar-refractivity contribution in [3.63, 3.8) is 0 Å². The number of amides is 1. The van der Waals surface area contributed by atoms with Crippen LogP contribution in [0.2, 0.25) is 0 Å². The van der Waals surface area contributed by atoms with Crippen molar-refractivity contribution < 1.29 is 14.8 Å². The van der Waals surface area contributed by atoms with Crippen molar-refractivity contribution in [2.24, 2.45) is 0 Å². The zero-order valence-corrected chi connectivity index (χ0v) is 11.9. The van der Waals surface area contributed by atoms with Gasteiger partial charge in [0.25, 0.3) is 11.6 Å². The number of nitrogens with zero attached hydrogens (tertiary/aromatic N) is 1. The van der Waals surface area contributed by atoms with E-state index in [4.69, 9.17) is 0 Å². The summed E-state index contributed by atoms with van der Waals surface area (Å²) in [4.78, 5) is 22.4. The fourth-order valence-electron chi connectivity index (χ4n) is 2.41. The Labute approximate surface area is 120 Å². The van der Waals surface area contributed by atoms with Crippen LogP contribution >= 0.6 is 11.8 Å². The minimum absolute atomic E-state index is 0.0434. The Morgan fingerprint density at radius 2 is 2.25 bits per heavy atom. The number of phenolic OH excluding ortho intramolecular Hbond substituents is 1. The summed E-state index contributed by atoms with van der Waals surface area (Å²) < 4.78 is 0. The summed E-state index contributed by atoms with van der Waals surface area (Å²) in [5, 5.41) is 23.7. The summed E-state index contributed by atoms with van der Waals surface area (Å²) in [5.74, 6) is -0.659. The van der Waals surface area contributed by atoms with Gasteiger partial charge in [-0.05, 0) is 37.7 Å². The van der Waals surface area contributed by atoms with Crippen LogP contribution < -0.4 is 5.32 Å². The number of nitrogens with one attached hydrogen (secondary N) is 1. The second-order valence-electron chi connectivity index (χ2n) is 4.80. The second-order valence-corrected chi connectivity index (χ2v) is 5.94. The lowest BCUT2D eigenvalue weighted by molar-refractivity contribution is -0.385. The van der Waals surface area contributed by atoms with Crippen molar-refractivity contribution in [2.75, 3.05) is 6.26 Å². The first-order valence-electron chi connectivity index (χ1n) is 6.32. The number of benzene rings is 1.